The largest absolute Gasteiger partial charge is 0.444 e. The summed E-state index contributed by atoms with van der Waals surface area (Å²) in [7, 11) is -3.61. The number of amides is 4. The Morgan fingerprint density at radius 1 is 0.869 bits per heavy atom. The number of nitrogens with one attached hydrogen (secondary N) is 3. The fourth-order valence-corrected chi connectivity index (χ4v) is 9.19. The first-order valence-electron chi connectivity index (χ1n) is 20.9. The third-order valence-corrected chi connectivity index (χ3v) is 13.4. The summed E-state index contributed by atoms with van der Waals surface area (Å²) in [4.78, 5) is 55.3. The van der Waals surface area contributed by atoms with Crippen LogP contribution in [0.3, 0.4) is 0 Å². The predicted octanol–water partition coefficient (Wildman–Crippen LogP) is 8.98. The normalized spacial score (nSPS) is 18.8. The molecule has 0 aromatic heterocycles. The first-order chi connectivity index (χ1) is 28.6. The quantitative estimate of drug-likeness (QED) is 0.101. The van der Waals surface area contributed by atoms with Gasteiger partial charge in [-0.25, -0.2) is 13.2 Å². The third-order valence-electron chi connectivity index (χ3n) is 10.7. The van der Waals surface area contributed by atoms with Crippen molar-refractivity contribution < 1.29 is 37.1 Å². The van der Waals surface area contributed by atoms with E-state index in [1.807, 2.05) is 44.2 Å². The Kier molecular flexibility index (Phi) is 17.7. The zero-order valence-corrected chi connectivity index (χ0v) is 38.9. The van der Waals surface area contributed by atoms with Crippen LogP contribution in [0.4, 0.5) is 10.5 Å². The molecule has 1 heterocycles. The highest BCUT2D eigenvalue weighted by Gasteiger charge is 2.53. The molecule has 4 amide bonds. The summed E-state index contributed by atoms with van der Waals surface area (Å²) in [5, 5.41) is 8.85. The van der Waals surface area contributed by atoms with E-state index in [1.165, 1.54) is 0 Å². The van der Waals surface area contributed by atoms with Gasteiger partial charge in [-0.1, -0.05) is 68.2 Å². The Balaban J connectivity index is 1.45. The zero-order chi connectivity index (χ0) is 45.1. The van der Waals surface area contributed by atoms with E-state index in [-0.39, 0.29) is 42.2 Å². The molecule has 334 valence electrons. The van der Waals surface area contributed by atoms with E-state index in [0.717, 1.165) is 11.1 Å². The predicted molar refractivity (Wildman–Crippen MR) is 242 cm³/mol. The van der Waals surface area contributed by atoms with E-state index < -0.39 is 50.2 Å². The van der Waals surface area contributed by atoms with E-state index in [0.29, 0.717) is 60.4 Å². The molecule has 1 saturated heterocycles. The van der Waals surface area contributed by atoms with Crippen molar-refractivity contribution in [2.45, 2.75) is 110 Å². The molecule has 61 heavy (non-hydrogen) atoms. The number of halogens is 2. The van der Waals surface area contributed by atoms with Crippen molar-refractivity contribution in [3.63, 3.8) is 0 Å². The van der Waals surface area contributed by atoms with Crippen LogP contribution in [0, 0.1) is 11.3 Å². The summed E-state index contributed by atoms with van der Waals surface area (Å²) >= 11 is 12.9. The zero-order valence-electron chi connectivity index (χ0n) is 36.6. The highest BCUT2D eigenvalue weighted by Crippen LogP contribution is 2.52. The maximum Gasteiger partial charge on any atom is 0.407 e. The fraction of sp³-hybridized carbons (Fsp3) is 0.522. The Labute approximate surface area is 371 Å². The molecule has 12 nitrogen and oxygen atoms in total. The number of hydrogen-bond donors (Lipinski definition) is 3. The van der Waals surface area contributed by atoms with Crippen LogP contribution in [-0.2, 0) is 28.9 Å². The average Bonchev–Trinajstić information content (AvgIpc) is 3.17. The molecule has 0 radical (unpaired) electrons. The molecule has 1 fully saturated rings. The molecule has 3 N–H and O–H groups in total. The number of rotatable bonds is 19. The standard InChI is InChI=1S/C46H62Cl2N4O8S/c1-30(2)39(29-61(57,58)31(3)4)52-41(32-14-18-35(47)19-15-32)38(34-12-9-13-36(48)26-34)27-46(8,43(52)55)28-40(53)51-37-20-16-33(17-21-37)42(54)49-22-10-24-59-25-11-23-50-44(56)60-45(5,6)7/h9,12-21,26,30-31,38-39,41H,10-11,22-25,27-29H2,1-8H3,(H,49,54)(H,50,56)(H,51,53)/t38-,39?,41-,46-/m1/s1. The second kappa shape index (κ2) is 21.8. The van der Waals surface area contributed by atoms with E-state index >= 15 is 4.79 Å². The summed E-state index contributed by atoms with van der Waals surface area (Å²) < 4.78 is 37.9. The van der Waals surface area contributed by atoms with E-state index in [9.17, 15) is 22.8 Å². The number of sulfone groups is 1. The summed E-state index contributed by atoms with van der Waals surface area (Å²) in [5.41, 5.74) is 0.716. The lowest BCUT2D eigenvalue weighted by atomic mass is 9.66. The van der Waals surface area contributed by atoms with Gasteiger partial charge in [0.25, 0.3) is 5.91 Å². The molecule has 0 spiro atoms. The first kappa shape index (κ1) is 49.5. The minimum absolute atomic E-state index is 0.182. The number of alkyl carbamates (subject to hydrolysis) is 1. The van der Waals surface area contributed by atoms with Crippen molar-refractivity contribution in [3.05, 3.63) is 99.5 Å². The summed E-state index contributed by atoms with van der Waals surface area (Å²) in [6.45, 7) is 16.0. The van der Waals surface area contributed by atoms with Gasteiger partial charge in [0.2, 0.25) is 11.8 Å². The SMILES string of the molecule is CC(C)C(CS(=O)(=O)C(C)C)N1C(=O)[C@@](C)(CC(=O)Nc2ccc(C(=O)NCCCOCCCNC(=O)OC(C)(C)C)cc2)C[C@H](c2cccc(Cl)c2)[C@H]1c1ccc(Cl)cc1. The molecular formula is C46H62Cl2N4O8S. The molecule has 1 aliphatic rings. The average molecular weight is 902 g/mol. The molecule has 3 aromatic rings. The van der Waals surface area contributed by atoms with Crippen molar-refractivity contribution in [2.24, 2.45) is 11.3 Å². The van der Waals surface area contributed by atoms with Crippen LogP contribution < -0.4 is 16.0 Å². The van der Waals surface area contributed by atoms with Crippen LogP contribution in [0.2, 0.25) is 10.0 Å². The monoisotopic (exact) mass is 900 g/mol. The van der Waals surface area contributed by atoms with Gasteiger partial charge in [-0.05, 0) is 119 Å². The molecule has 4 rings (SSSR count). The molecule has 4 atom stereocenters. The van der Waals surface area contributed by atoms with Crippen LogP contribution in [0.1, 0.15) is 115 Å². The van der Waals surface area contributed by atoms with Crippen molar-refractivity contribution in [2.75, 3.05) is 37.4 Å². The summed E-state index contributed by atoms with van der Waals surface area (Å²) in [5.74, 6) is -1.85. The number of anilines is 1. The van der Waals surface area contributed by atoms with E-state index in [1.54, 1.807) is 88.9 Å². The number of carbonyl (C=O) groups is 4. The molecular weight excluding hydrogens is 839 g/mol. The molecule has 15 heteroatoms. The van der Waals surface area contributed by atoms with Crippen LogP contribution >= 0.6 is 23.2 Å². The fourth-order valence-electron chi connectivity index (χ4n) is 7.46. The number of likely N-dealkylation sites (tertiary alicyclic amines) is 1. The van der Waals surface area contributed by atoms with Gasteiger partial charge in [0.05, 0.1) is 22.5 Å². The van der Waals surface area contributed by atoms with Crippen molar-refractivity contribution >= 4 is 62.5 Å². The lowest BCUT2D eigenvalue weighted by Crippen LogP contribution is -2.59. The minimum atomic E-state index is -3.61. The van der Waals surface area contributed by atoms with Crippen LogP contribution in [-0.4, -0.2) is 86.1 Å². The Hall–Kier alpha value is -4.17. The van der Waals surface area contributed by atoms with Crippen molar-refractivity contribution in [1.82, 2.24) is 15.5 Å². The van der Waals surface area contributed by atoms with Gasteiger partial charge in [0.1, 0.15) is 5.60 Å². The number of carbonyl (C=O) groups excluding carboxylic acids is 4. The molecule has 0 aliphatic carbocycles. The maximum absolute atomic E-state index is 15.1. The van der Waals surface area contributed by atoms with Crippen molar-refractivity contribution in [1.29, 1.82) is 0 Å². The minimum Gasteiger partial charge on any atom is -0.444 e. The molecule has 0 saturated carbocycles. The van der Waals surface area contributed by atoms with Crippen LogP contribution in [0.25, 0.3) is 0 Å². The Morgan fingerprint density at radius 2 is 1.49 bits per heavy atom. The second-order valence-corrected chi connectivity index (χ2v) is 21.1. The number of hydrogen-bond acceptors (Lipinski definition) is 8. The highest BCUT2D eigenvalue weighted by atomic mass is 35.5. The number of benzene rings is 3. The number of piperidine rings is 1. The molecule has 1 unspecified atom stereocenters. The maximum atomic E-state index is 15.1. The third kappa shape index (κ3) is 14.4. The molecule has 3 aromatic carbocycles. The topological polar surface area (TPSA) is 160 Å². The molecule has 0 bridgehead atoms. The Bertz CT molecular complexity index is 2070. The summed E-state index contributed by atoms with van der Waals surface area (Å²) in [6, 6.07) is 19.9. The van der Waals surface area contributed by atoms with Gasteiger partial charge >= 0.3 is 6.09 Å². The lowest BCUT2D eigenvalue weighted by molar-refractivity contribution is -0.157. The lowest BCUT2D eigenvalue weighted by Gasteiger charge is -2.53. The highest BCUT2D eigenvalue weighted by molar-refractivity contribution is 7.92. The summed E-state index contributed by atoms with van der Waals surface area (Å²) in [6.07, 6.45) is 0.851. The van der Waals surface area contributed by atoms with Gasteiger partial charge in [0.15, 0.2) is 9.84 Å². The molecule has 1 aliphatic heterocycles. The van der Waals surface area contributed by atoms with Gasteiger partial charge in [-0.15, -0.1) is 0 Å². The number of nitrogens with zero attached hydrogens (tertiary/aromatic N) is 1. The van der Waals surface area contributed by atoms with Crippen LogP contribution in [0.15, 0.2) is 72.8 Å². The second-order valence-electron chi connectivity index (χ2n) is 17.6. The van der Waals surface area contributed by atoms with E-state index in [2.05, 4.69) is 16.0 Å². The van der Waals surface area contributed by atoms with Gasteiger partial charge in [0, 0.05) is 66.0 Å². The smallest absolute Gasteiger partial charge is 0.407 e. The Morgan fingerprint density at radius 3 is 2.07 bits per heavy atom. The van der Waals surface area contributed by atoms with Crippen molar-refractivity contribution in [3.8, 4) is 0 Å². The van der Waals surface area contributed by atoms with E-state index in [4.69, 9.17) is 32.7 Å². The van der Waals surface area contributed by atoms with Gasteiger partial charge in [-0.2, -0.15) is 0 Å². The van der Waals surface area contributed by atoms with Gasteiger partial charge in [-0.3, -0.25) is 14.4 Å². The first-order valence-corrected chi connectivity index (χ1v) is 23.4. The van der Waals surface area contributed by atoms with Gasteiger partial charge < -0.3 is 30.3 Å². The van der Waals surface area contributed by atoms with Crippen LogP contribution in [0.5, 0.6) is 0 Å². The number of ether oxygens (including phenoxy) is 2.